The lowest BCUT2D eigenvalue weighted by molar-refractivity contribution is -0.141. The van der Waals surface area contributed by atoms with Crippen LogP contribution in [0.5, 0.6) is 0 Å². The predicted octanol–water partition coefficient (Wildman–Crippen LogP) is 3.67. The summed E-state index contributed by atoms with van der Waals surface area (Å²) in [6, 6.07) is 0. The number of allylic oxidation sites excluding steroid dienone is 1. The van der Waals surface area contributed by atoms with Crippen LogP contribution in [0.1, 0.15) is 64.7 Å². The molecule has 2 N–H and O–H groups in total. The molecule has 0 aliphatic rings. The standard InChI is InChI=1S/C17H26O6/c1-3-5-6-7-8-9-10-11-12-13(23-14(18)4-2)15(16(19)20)17(21)22/h4H,2-3,5-12H2,1H3,(H,19,20)(H,21,22). The predicted molar refractivity (Wildman–Crippen MR) is 85.8 cm³/mol. The number of rotatable bonds is 13. The van der Waals surface area contributed by atoms with Crippen molar-refractivity contribution < 1.29 is 29.3 Å². The van der Waals surface area contributed by atoms with Crippen molar-refractivity contribution in [3.8, 4) is 0 Å². The van der Waals surface area contributed by atoms with Crippen molar-refractivity contribution in [1.29, 1.82) is 0 Å². The minimum Gasteiger partial charge on any atom is -0.477 e. The molecule has 0 heterocycles. The van der Waals surface area contributed by atoms with Gasteiger partial charge in [0.15, 0.2) is 5.57 Å². The molecule has 0 aromatic heterocycles. The lowest BCUT2D eigenvalue weighted by Gasteiger charge is -2.09. The Morgan fingerprint density at radius 2 is 1.39 bits per heavy atom. The Hall–Kier alpha value is -2.11. The number of carboxylic acid groups (broad SMARTS) is 2. The quantitative estimate of drug-likeness (QED) is 0.134. The Balaban J connectivity index is 4.52. The molecule has 23 heavy (non-hydrogen) atoms. The summed E-state index contributed by atoms with van der Waals surface area (Å²) >= 11 is 0. The molecule has 0 bridgehead atoms. The van der Waals surface area contributed by atoms with Gasteiger partial charge in [0.25, 0.3) is 0 Å². The number of hydrogen-bond acceptors (Lipinski definition) is 4. The number of aliphatic carboxylic acids is 2. The van der Waals surface area contributed by atoms with E-state index in [0.29, 0.717) is 6.42 Å². The zero-order valence-electron chi connectivity index (χ0n) is 13.7. The first-order chi connectivity index (χ1) is 10.9. The molecule has 0 aliphatic heterocycles. The molecule has 0 aromatic carbocycles. The largest absolute Gasteiger partial charge is 0.477 e. The van der Waals surface area contributed by atoms with E-state index in [9.17, 15) is 14.4 Å². The third-order valence-electron chi connectivity index (χ3n) is 3.35. The Kier molecular flexibility index (Phi) is 11.3. The third-order valence-corrected chi connectivity index (χ3v) is 3.35. The van der Waals surface area contributed by atoms with Gasteiger partial charge in [0.05, 0.1) is 0 Å². The second-order valence-corrected chi connectivity index (χ2v) is 5.26. The van der Waals surface area contributed by atoms with Gasteiger partial charge in [-0.25, -0.2) is 14.4 Å². The van der Waals surface area contributed by atoms with Crippen LogP contribution in [0.15, 0.2) is 24.0 Å². The maximum Gasteiger partial charge on any atom is 0.346 e. The third kappa shape index (κ3) is 9.50. The van der Waals surface area contributed by atoms with Gasteiger partial charge in [-0.1, -0.05) is 58.4 Å². The summed E-state index contributed by atoms with van der Waals surface area (Å²) in [5.41, 5.74) is -0.900. The average Bonchev–Trinajstić information content (AvgIpc) is 2.48. The fourth-order valence-electron chi connectivity index (χ4n) is 2.14. The van der Waals surface area contributed by atoms with Crippen molar-refractivity contribution in [2.75, 3.05) is 0 Å². The van der Waals surface area contributed by atoms with E-state index in [-0.39, 0.29) is 12.2 Å². The highest BCUT2D eigenvalue weighted by molar-refractivity contribution is 6.13. The summed E-state index contributed by atoms with van der Waals surface area (Å²) in [5, 5.41) is 17.9. The van der Waals surface area contributed by atoms with Gasteiger partial charge in [0.2, 0.25) is 0 Å². The molecule has 0 spiro atoms. The van der Waals surface area contributed by atoms with E-state index in [1.165, 1.54) is 19.3 Å². The molecule has 6 heteroatoms. The van der Waals surface area contributed by atoms with Crippen LogP contribution in [0.2, 0.25) is 0 Å². The normalized spacial score (nSPS) is 9.96. The maximum absolute atomic E-state index is 11.2. The lowest BCUT2D eigenvalue weighted by Crippen LogP contribution is -2.17. The highest BCUT2D eigenvalue weighted by Gasteiger charge is 2.24. The van der Waals surface area contributed by atoms with E-state index < -0.39 is 23.5 Å². The van der Waals surface area contributed by atoms with Crippen molar-refractivity contribution >= 4 is 17.9 Å². The molecule has 0 fully saturated rings. The van der Waals surface area contributed by atoms with E-state index in [1.807, 2.05) is 0 Å². The van der Waals surface area contributed by atoms with Crippen LogP contribution in [0.25, 0.3) is 0 Å². The summed E-state index contributed by atoms with van der Waals surface area (Å²) in [7, 11) is 0. The monoisotopic (exact) mass is 326 g/mol. The summed E-state index contributed by atoms with van der Waals surface area (Å²) in [6.45, 7) is 5.37. The van der Waals surface area contributed by atoms with E-state index in [2.05, 4.69) is 13.5 Å². The summed E-state index contributed by atoms with van der Waals surface area (Å²) in [6.07, 6.45) is 9.24. The van der Waals surface area contributed by atoms with Gasteiger partial charge >= 0.3 is 17.9 Å². The Morgan fingerprint density at radius 3 is 1.83 bits per heavy atom. The molecular weight excluding hydrogens is 300 g/mol. The van der Waals surface area contributed by atoms with Gasteiger partial charge in [-0.2, -0.15) is 0 Å². The van der Waals surface area contributed by atoms with Crippen molar-refractivity contribution in [3.63, 3.8) is 0 Å². The van der Waals surface area contributed by atoms with Crippen LogP contribution in [0.3, 0.4) is 0 Å². The average molecular weight is 326 g/mol. The van der Waals surface area contributed by atoms with E-state index >= 15 is 0 Å². The second kappa shape index (κ2) is 12.4. The first kappa shape index (κ1) is 20.9. The highest BCUT2D eigenvalue weighted by atomic mass is 16.5. The smallest absolute Gasteiger partial charge is 0.346 e. The number of unbranched alkanes of at least 4 members (excludes halogenated alkanes) is 7. The molecule has 6 nitrogen and oxygen atoms in total. The van der Waals surface area contributed by atoms with Crippen LogP contribution in [0.4, 0.5) is 0 Å². The molecule has 130 valence electrons. The SMILES string of the molecule is C=CC(=O)OC(CCCCCCCCCC)=C(C(=O)O)C(=O)O. The number of carbonyl (C=O) groups is 3. The summed E-state index contributed by atoms with van der Waals surface area (Å²) < 4.78 is 4.81. The van der Waals surface area contributed by atoms with Crippen LogP contribution in [-0.2, 0) is 19.1 Å². The molecule has 0 unspecified atom stereocenters. The molecule has 0 aromatic rings. The summed E-state index contributed by atoms with van der Waals surface area (Å²) in [5.74, 6) is -4.42. The van der Waals surface area contributed by atoms with Crippen molar-refractivity contribution in [2.24, 2.45) is 0 Å². The van der Waals surface area contributed by atoms with Gasteiger partial charge in [-0.3, -0.25) is 0 Å². The fraction of sp³-hybridized carbons (Fsp3) is 0.588. The Bertz CT molecular complexity index is 434. The van der Waals surface area contributed by atoms with Crippen molar-refractivity contribution in [1.82, 2.24) is 0 Å². The number of esters is 1. The fourth-order valence-corrected chi connectivity index (χ4v) is 2.14. The van der Waals surface area contributed by atoms with Crippen LogP contribution in [-0.4, -0.2) is 28.1 Å². The van der Waals surface area contributed by atoms with Crippen molar-refractivity contribution in [2.45, 2.75) is 64.7 Å². The topological polar surface area (TPSA) is 101 Å². The molecular formula is C17H26O6. The minimum absolute atomic E-state index is 0.0997. The Labute approximate surface area is 136 Å². The van der Waals surface area contributed by atoms with Gasteiger partial charge in [0, 0.05) is 12.5 Å². The number of carboxylic acids is 2. The van der Waals surface area contributed by atoms with E-state index in [0.717, 1.165) is 31.8 Å². The van der Waals surface area contributed by atoms with Gasteiger partial charge < -0.3 is 14.9 Å². The second-order valence-electron chi connectivity index (χ2n) is 5.26. The molecule has 0 saturated carbocycles. The van der Waals surface area contributed by atoms with Crippen LogP contribution < -0.4 is 0 Å². The van der Waals surface area contributed by atoms with E-state index in [4.69, 9.17) is 14.9 Å². The maximum atomic E-state index is 11.2. The first-order valence-corrected chi connectivity index (χ1v) is 7.98. The zero-order valence-corrected chi connectivity index (χ0v) is 13.7. The summed E-state index contributed by atoms with van der Waals surface area (Å²) in [4.78, 5) is 33.3. The first-order valence-electron chi connectivity index (χ1n) is 7.98. The van der Waals surface area contributed by atoms with Gasteiger partial charge in [0.1, 0.15) is 5.76 Å². The van der Waals surface area contributed by atoms with Crippen LogP contribution in [0, 0.1) is 0 Å². The molecule has 0 rings (SSSR count). The molecule has 0 atom stereocenters. The molecule has 0 saturated heterocycles. The molecule has 0 radical (unpaired) electrons. The van der Waals surface area contributed by atoms with Crippen LogP contribution >= 0.6 is 0 Å². The zero-order chi connectivity index (χ0) is 17.7. The van der Waals surface area contributed by atoms with Crippen molar-refractivity contribution in [3.05, 3.63) is 24.0 Å². The van der Waals surface area contributed by atoms with Gasteiger partial charge in [-0.05, 0) is 6.42 Å². The number of ether oxygens (including phenoxy) is 1. The highest BCUT2D eigenvalue weighted by Crippen LogP contribution is 2.18. The van der Waals surface area contributed by atoms with Gasteiger partial charge in [-0.15, -0.1) is 0 Å². The molecule has 0 amide bonds. The van der Waals surface area contributed by atoms with E-state index in [1.54, 1.807) is 0 Å². The number of carbonyl (C=O) groups excluding carboxylic acids is 1. The Morgan fingerprint density at radius 1 is 0.913 bits per heavy atom. The number of hydrogen-bond donors (Lipinski definition) is 2. The molecule has 0 aliphatic carbocycles. The lowest BCUT2D eigenvalue weighted by atomic mass is 10.1. The minimum atomic E-state index is -1.62.